The van der Waals surface area contributed by atoms with Crippen molar-refractivity contribution in [3.05, 3.63) is 35.9 Å². The summed E-state index contributed by atoms with van der Waals surface area (Å²) in [6.45, 7) is 1.54. The lowest BCUT2D eigenvalue weighted by atomic mass is 9.99. The van der Waals surface area contributed by atoms with Crippen LogP contribution in [0, 0.1) is 0 Å². The van der Waals surface area contributed by atoms with E-state index in [4.69, 9.17) is 0 Å². The Labute approximate surface area is 154 Å². The maximum Gasteiger partial charge on any atom is 0.239 e. The average Bonchev–Trinajstić information content (AvgIpc) is 3.01. The number of hydrogen-bond acceptors (Lipinski definition) is 3. The highest BCUT2D eigenvalue weighted by molar-refractivity contribution is 7.99. The first-order valence-corrected chi connectivity index (χ1v) is 10.5. The number of carbonyl (C=O) groups excluding carboxylic acids is 2. The summed E-state index contributed by atoms with van der Waals surface area (Å²) in [5, 5.41) is 3.75. The van der Waals surface area contributed by atoms with Crippen LogP contribution in [0.15, 0.2) is 30.3 Å². The Bertz CT molecular complexity index is 572. The van der Waals surface area contributed by atoms with Gasteiger partial charge in [0.1, 0.15) is 0 Å². The van der Waals surface area contributed by atoms with Gasteiger partial charge in [-0.05, 0) is 18.4 Å². The van der Waals surface area contributed by atoms with Gasteiger partial charge in [-0.2, -0.15) is 11.8 Å². The molecule has 1 atom stereocenters. The standard InChI is InChI=1S/C20H28N2O2S/c23-19(21-11-12-25-18-9-5-2-6-10-18)15-22-14-17(13-20(22)24)16-7-3-1-4-8-16/h1,3-4,7-8,17-18H,2,5-6,9-15H2,(H,21,23). The van der Waals surface area contributed by atoms with Crippen molar-refractivity contribution in [1.82, 2.24) is 10.2 Å². The first-order valence-electron chi connectivity index (χ1n) is 9.43. The highest BCUT2D eigenvalue weighted by Gasteiger charge is 2.31. The van der Waals surface area contributed by atoms with Gasteiger partial charge in [0.05, 0.1) is 6.54 Å². The van der Waals surface area contributed by atoms with Crippen molar-refractivity contribution in [2.75, 3.05) is 25.4 Å². The fraction of sp³-hybridized carbons (Fsp3) is 0.600. The number of thioether (sulfide) groups is 1. The van der Waals surface area contributed by atoms with Crippen LogP contribution >= 0.6 is 11.8 Å². The zero-order valence-electron chi connectivity index (χ0n) is 14.8. The van der Waals surface area contributed by atoms with Gasteiger partial charge in [0, 0.05) is 36.4 Å². The molecule has 4 nitrogen and oxygen atoms in total. The van der Waals surface area contributed by atoms with Crippen LogP contribution < -0.4 is 5.32 Å². The molecule has 0 bridgehead atoms. The number of carbonyl (C=O) groups is 2. The predicted molar refractivity (Wildman–Crippen MR) is 103 cm³/mol. The second-order valence-electron chi connectivity index (χ2n) is 7.07. The Kier molecular flexibility index (Phi) is 6.79. The molecule has 1 aromatic carbocycles. The third-order valence-electron chi connectivity index (χ3n) is 5.15. The van der Waals surface area contributed by atoms with Crippen LogP contribution in [0.3, 0.4) is 0 Å². The fourth-order valence-corrected chi connectivity index (χ4v) is 4.97. The van der Waals surface area contributed by atoms with Crippen LogP contribution in [-0.4, -0.2) is 47.4 Å². The normalized spacial score (nSPS) is 21.5. The minimum absolute atomic E-state index is 0.0358. The van der Waals surface area contributed by atoms with E-state index < -0.39 is 0 Å². The largest absolute Gasteiger partial charge is 0.354 e. The predicted octanol–water partition coefficient (Wildman–Crippen LogP) is 3.18. The lowest BCUT2D eigenvalue weighted by Gasteiger charge is -2.21. The quantitative estimate of drug-likeness (QED) is 0.760. The molecule has 1 aromatic rings. The maximum atomic E-state index is 12.2. The molecule has 25 heavy (non-hydrogen) atoms. The van der Waals surface area contributed by atoms with Gasteiger partial charge in [0.25, 0.3) is 0 Å². The van der Waals surface area contributed by atoms with E-state index in [0.717, 1.165) is 11.0 Å². The third kappa shape index (κ3) is 5.50. The van der Waals surface area contributed by atoms with Crippen molar-refractivity contribution >= 4 is 23.6 Å². The molecule has 1 heterocycles. The Morgan fingerprint density at radius 3 is 2.68 bits per heavy atom. The molecule has 0 spiro atoms. The van der Waals surface area contributed by atoms with E-state index in [0.29, 0.717) is 19.5 Å². The van der Waals surface area contributed by atoms with E-state index in [9.17, 15) is 9.59 Å². The van der Waals surface area contributed by atoms with Crippen LogP contribution in [-0.2, 0) is 9.59 Å². The fourth-order valence-electron chi connectivity index (χ4n) is 3.75. The van der Waals surface area contributed by atoms with Gasteiger partial charge >= 0.3 is 0 Å². The molecule has 1 aliphatic carbocycles. The summed E-state index contributed by atoms with van der Waals surface area (Å²) in [6.07, 6.45) is 7.23. The Morgan fingerprint density at radius 1 is 1.16 bits per heavy atom. The van der Waals surface area contributed by atoms with Crippen LogP contribution in [0.5, 0.6) is 0 Å². The van der Waals surface area contributed by atoms with Crippen molar-refractivity contribution in [3.63, 3.8) is 0 Å². The highest BCUT2D eigenvalue weighted by atomic mass is 32.2. The summed E-state index contributed by atoms with van der Waals surface area (Å²) in [5.41, 5.74) is 1.18. The molecular formula is C20H28N2O2S. The van der Waals surface area contributed by atoms with Crippen molar-refractivity contribution in [1.29, 1.82) is 0 Å². The zero-order chi connectivity index (χ0) is 17.5. The topological polar surface area (TPSA) is 49.4 Å². The highest BCUT2D eigenvalue weighted by Crippen LogP contribution is 2.28. The zero-order valence-corrected chi connectivity index (χ0v) is 15.6. The van der Waals surface area contributed by atoms with Crippen molar-refractivity contribution in [2.24, 2.45) is 0 Å². The van der Waals surface area contributed by atoms with E-state index >= 15 is 0 Å². The molecule has 2 amide bonds. The van der Waals surface area contributed by atoms with Crippen LogP contribution in [0.2, 0.25) is 0 Å². The van der Waals surface area contributed by atoms with Crippen LogP contribution in [0.4, 0.5) is 0 Å². The monoisotopic (exact) mass is 360 g/mol. The molecule has 1 saturated carbocycles. The molecule has 2 fully saturated rings. The number of nitrogens with one attached hydrogen (secondary N) is 1. The van der Waals surface area contributed by atoms with Crippen molar-refractivity contribution in [2.45, 2.75) is 49.7 Å². The summed E-state index contributed by atoms with van der Waals surface area (Å²) < 4.78 is 0. The molecular weight excluding hydrogens is 332 g/mol. The Morgan fingerprint density at radius 2 is 1.92 bits per heavy atom. The molecule has 0 aromatic heterocycles. The first-order chi connectivity index (χ1) is 12.2. The maximum absolute atomic E-state index is 12.2. The summed E-state index contributed by atoms with van der Waals surface area (Å²) in [4.78, 5) is 26.0. The lowest BCUT2D eigenvalue weighted by Crippen LogP contribution is -2.38. The molecule has 5 heteroatoms. The third-order valence-corrected chi connectivity index (χ3v) is 6.53. The SMILES string of the molecule is O=C(CN1CC(c2ccccc2)CC1=O)NCCSC1CCCCC1. The Balaban J connectivity index is 1.35. The van der Waals surface area contributed by atoms with E-state index in [1.165, 1.54) is 37.7 Å². The van der Waals surface area contributed by atoms with Gasteiger partial charge in [0.2, 0.25) is 11.8 Å². The van der Waals surface area contributed by atoms with Gasteiger partial charge in [-0.15, -0.1) is 0 Å². The average molecular weight is 361 g/mol. The molecule has 0 radical (unpaired) electrons. The smallest absolute Gasteiger partial charge is 0.239 e. The van der Waals surface area contributed by atoms with Gasteiger partial charge in [-0.1, -0.05) is 49.6 Å². The molecule has 2 aliphatic rings. The molecule has 1 saturated heterocycles. The van der Waals surface area contributed by atoms with Crippen LogP contribution in [0.25, 0.3) is 0 Å². The second-order valence-corrected chi connectivity index (χ2v) is 8.48. The number of nitrogens with zero attached hydrogens (tertiary/aromatic N) is 1. The molecule has 1 aliphatic heterocycles. The number of rotatable bonds is 7. The van der Waals surface area contributed by atoms with E-state index in [1.807, 2.05) is 30.0 Å². The second kappa shape index (κ2) is 9.27. The van der Waals surface area contributed by atoms with Crippen LogP contribution in [0.1, 0.15) is 50.0 Å². The Hall–Kier alpha value is -1.49. The number of benzene rings is 1. The summed E-state index contributed by atoms with van der Waals surface area (Å²) >= 11 is 1.99. The molecule has 3 rings (SSSR count). The summed E-state index contributed by atoms with van der Waals surface area (Å²) in [7, 11) is 0. The van der Waals surface area contributed by atoms with Gasteiger partial charge in [-0.3, -0.25) is 9.59 Å². The summed E-state index contributed by atoms with van der Waals surface area (Å²) in [5.74, 6) is 1.23. The van der Waals surface area contributed by atoms with Gasteiger partial charge in [-0.25, -0.2) is 0 Å². The number of likely N-dealkylation sites (tertiary alicyclic amines) is 1. The van der Waals surface area contributed by atoms with E-state index in [1.54, 1.807) is 4.90 Å². The summed E-state index contributed by atoms with van der Waals surface area (Å²) in [6, 6.07) is 10.1. The van der Waals surface area contributed by atoms with E-state index in [-0.39, 0.29) is 24.3 Å². The molecule has 136 valence electrons. The van der Waals surface area contributed by atoms with Crippen molar-refractivity contribution in [3.8, 4) is 0 Å². The minimum Gasteiger partial charge on any atom is -0.354 e. The lowest BCUT2D eigenvalue weighted by molar-refractivity contribution is -0.133. The van der Waals surface area contributed by atoms with Gasteiger partial charge in [0.15, 0.2) is 0 Å². The number of amides is 2. The first kappa shape index (κ1) is 18.3. The number of hydrogen-bond donors (Lipinski definition) is 1. The van der Waals surface area contributed by atoms with E-state index in [2.05, 4.69) is 17.4 Å². The van der Waals surface area contributed by atoms with Gasteiger partial charge < -0.3 is 10.2 Å². The molecule has 1 N–H and O–H groups in total. The van der Waals surface area contributed by atoms with Crippen molar-refractivity contribution < 1.29 is 9.59 Å². The minimum atomic E-state index is -0.0358. The molecule has 1 unspecified atom stereocenters.